The molecule has 0 spiro atoms. The topological polar surface area (TPSA) is 81.8 Å². The van der Waals surface area contributed by atoms with Crippen molar-refractivity contribution in [3.8, 4) is 5.75 Å². The fourth-order valence-electron chi connectivity index (χ4n) is 3.05. The van der Waals surface area contributed by atoms with Crippen molar-refractivity contribution in [2.45, 2.75) is 18.2 Å². The second-order valence-corrected chi connectivity index (χ2v) is 6.31. The van der Waals surface area contributed by atoms with Crippen LogP contribution >= 0.6 is 0 Å². The number of alkyl halides is 3. The van der Waals surface area contributed by atoms with Crippen molar-refractivity contribution in [3.05, 3.63) is 83.6 Å². The summed E-state index contributed by atoms with van der Waals surface area (Å²) in [5.74, 6) is -0.820. The minimum absolute atomic E-state index is 0.0296. The monoisotopic (exact) mass is 400 g/mol. The van der Waals surface area contributed by atoms with E-state index in [4.69, 9.17) is 10.5 Å². The Balaban J connectivity index is 2.03. The third-order valence-corrected chi connectivity index (χ3v) is 4.44. The highest BCUT2D eigenvalue weighted by atomic mass is 19.4. The number of amides is 1. The molecule has 1 amide bonds. The van der Waals surface area contributed by atoms with E-state index in [2.05, 4.69) is 4.99 Å². The highest BCUT2D eigenvalue weighted by Crippen LogP contribution is 2.44. The van der Waals surface area contributed by atoms with Crippen LogP contribution in [-0.4, -0.2) is 23.8 Å². The summed E-state index contributed by atoms with van der Waals surface area (Å²) in [7, 11) is 0. The first-order valence-electron chi connectivity index (χ1n) is 8.48. The summed E-state index contributed by atoms with van der Waals surface area (Å²) < 4.78 is 47.1. The highest BCUT2D eigenvalue weighted by molar-refractivity contribution is 6.02. The molecule has 0 fully saturated rings. The molecule has 0 radical (unpaired) electrons. The number of nitrogens with zero attached hydrogens (tertiary/aromatic N) is 1. The fourth-order valence-corrected chi connectivity index (χ4v) is 3.05. The Hall–Kier alpha value is -3.64. The SMILES string of the molecule is NC1=C(c2ccccc2C(=O)N=C=O)C=CC(Oc2ccccc2)(C(F)(F)F)C1. The Labute approximate surface area is 164 Å². The highest BCUT2D eigenvalue weighted by Gasteiger charge is 2.57. The Morgan fingerprint density at radius 3 is 2.38 bits per heavy atom. The molecule has 2 aromatic rings. The molecule has 0 heterocycles. The van der Waals surface area contributed by atoms with Gasteiger partial charge in [0.15, 0.2) is 0 Å². The van der Waals surface area contributed by atoms with E-state index in [1.54, 1.807) is 30.3 Å². The normalized spacial score (nSPS) is 18.9. The first kappa shape index (κ1) is 20.1. The van der Waals surface area contributed by atoms with Gasteiger partial charge in [-0.2, -0.15) is 13.2 Å². The summed E-state index contributed by atoms with van der Waals surface area (Å²) in [6, 6.07) is 13.7. The maximum atomic E-state index is 13.9. The van der Waals surface area contributed by atoms with Crippen LogP contribution in [0.1, 0.15) is 22.3 Å². The second-order valence-electron chi connectivity index (χ2n) is 6.31. The Morgan fingerprint density at radius 2 is 1.76 bits per heavy atom. The lowest BCUT2D eigenvalue weighted by molar-refractivity contribution is -0.229. The van der Waals surface area contributed by atoms with E-state index in [1.165, 1.54) is 30.3 Å². The molecule has 2 aromatic carbocycles. The smallest absolute Gasteiger partial charge is 0.432 e. The van der Waals surface area contributed by atoms with Crippen LogP contribution in [0.25, 0.3) is 5.57 Å². The Kier molecular flexibility index (Phi) is 5.39. The van der Waals surface area contributed by atoms with Crippen LogP contribution < -0.4 is 10.5 Å². The number of carbonyl (C=O) groups is 1. The molecule has 0 saturated heterocycles. The van der Waals surface area contributed by atoms with Crippen LogP contribution in [0.2, 0.25) is 0 Å². The van der Waals surface area contributed by atoms with Gasteiger partial charge in [-0.15, -0.1) is 4.99 Å². The number of isocyanates is 1. The van der Waals surface area contributed by atoms with Gasteiger partial charge < -0.3 is 10.5 Å². The first-order chi connectivity index (χ1) is 13.8. The molecule has 8 heteroatoms. The van der Waals surface area contributed by atoms with Gasteiger partial charge in [-0.3, -0.25) is 4.79 Å². The van der Waals surface area contributed by atoms with Crippen LogP contribution in [0.5, 0.6) is 5.75 Å². The maximum Gasteiger partial charge on any atom is 0.432 e. The summed E-state index contributed by atoms with van der Waals surface area (Å²) in [6.07, 6.45) is -2.20. The number of ether oxygens (including phenoxy) is 1. The molecule has 0 saturated carbocycles. The number of allylic oxidation sites excluding steroid dienone is 2. The molecule has 3 rings (SSSR count). The van der Waals surface area contributed by atoms with Crippen molar-refractivity contribution in [1.29, 1.82) is 0 Å². The molecule has 29 heavy (non-hydrogen) atoms. The van der Waals surface area contributed by atoms with E-state index >= 15 is 0 Å². The Bertz CT molecular complexity index is 1040. The molecule has 148 valence electrons. The van der Waals surface area contributed by atoms with Crippen molar-refractivity contribution >= 4 is 17.6 Å². The fraction of sp³-hybridized carbons (Fsp3) is 0.143. The van der Waals surface area contributed by atoms with E-state index in [0.717, 1.165) is 12.2 Å². The van der Waals surface area contributed by atoms with Crippen molar-refractivity contribution in [2.24, 2.45) is 10.7 Å². The predicted octanol–water partition coefficient (Wildman–Crippen LogP) is 4.17. The van der Waals surface area contributed by atoms with Crippen molar-refractivity contribution in [2.75, 3.05) is 0 Å². The zero-order valence-electron chi connectivity index (χ0n) is 14.9. The lowest BCUT2D eigenvalue weighted by atomic mass is 9.85. The van der Waals surface area contributed by atoms with Gasteiger partial charge in [-0.05, 0) is 29.8 Å². The number of nitrogens with two attached hydrogens (primary N) is 1. The van der Waals surface area contributed by atoms with E-state index in [9.17, 15) is 22.8 Å². The van der Waals surface area contributed by atoms with Gasteiger partial charge in [0.25, 0.3) is 5.91 Å². The zero-order chi connectivity index (χ0) is 21.1. The van der Waals surface area contributed by atoms with Crippen molar-refractivity contribution < 1.29 is 27.5 Å². The third-order valence-electron chi connectivity index (χ3n) is 4.44. The third kappa shape index (κ3) is 3.97. The summed E-state index contributed by atoms with van der Waals surface area (Å²) >= 11 is 0. The lowest BCUT2D eigenvalue weighted by Gasteiger charge is -2.36. The molecular formula is C21H15F3N2O3. The summed E-state index contributed by atoms with van der Waals surface area (Å²) in [6.45, 7) is 0. The quantitative estimate of drug-likeness (QED) is 0.617. The van der Waals surface area contributed by atoms with E-state index in [0.29, 0.717) is 0 Å². The standard InChI is InChI=1S/C21H15F3N2O3/c22-21(23,24)20(29-14-6-2-1-3-7-14)11-10-16(18(25)12-20)15-8-4-5-9-17(15)19(28)26-13-27/h1-11H,12,25H2. The second kappa shape index (κ2) is 7.77. The van der Waals surface area contributed by atoms with E-state index in [-0.39, 0.29) is 28.1 Å². The molecule has 5 nitrogen and oxygen atoms in total. The van der Waals surface area contributed by atoms with Crippen molar-refractivity contribution in [1.82, 2.24) is 0 Å². The van der Waals surface area contributed by atoms with Gasteiger partial charge >= 0.3 is 6.18 Å². The predicted molar refractivity (Wildman–Crippen MR) is 99.6 cm³/mol. The lowest BCUT2D eigenvalue weighted by Crippen LogP contribution is -2.50. The average Bonchev–Trinajstić information content (AvgIpc) is 2.68. The maximum absolute atomic E-state index is 13.9. The molecule has 1 unspecified atom stereocenters. The van der Waals surface area contributed by atoms with Gasteiger partial charge in [0, 0.05) is 17.7 Å². The number of carbonyl (C=O) groups excluding carboxylic acids is 2. The molecule has 0 aliphatic heterocycles. The minimum atomic E-state index is -4.74. The number of para-hydroxylation sites is 1. The first-order valence-corrected chi connectivity index (χ1v) is 8.48. The zero-order valence-corrected chi connectivity index (χ0v) is 14.9. The average molecular weight is 400 g/mol. The summed E-state index contributed by atoms with van der Waals surface area (Å²) in [5.41, 5.74) is 3.77. The van der Waals surface area contributed by atoms with Gasteiger partial charge in [0.05, 0.1) is 5.56 Å². The van der Waals surface area contributed by atoms with E-state index in [1.807, 2.05) is 0 Å². The van der Waals surface area contributed by atoms with Crippen LogP contribution in [0, 0.1) is 0 Å². The number of rotatable bonds is 4. The molecule has 0 bridgehead atoms. The summed E-state index contributed by atoms with van der Waals surface area (Å²) in [5, 5.41) is 0. The van der Waals surface area contributed by atoms with Crippen LogP contribution in [0.4, 0.5) is 13.2 Å². The molecule has 0 aromatic heterocycles. The number of aliphatic imine (C=N–C) groups is 1. The summed E-state index contributed by atoms with van der Waals surface area (Å²) in [4.78, 5) is 25.5. The van der Waals surface area contributed by atoms with E-state index < -0.39 is 24.1 Å². The van der Waals surface area contributed by atoms with Crippen LogP contribution in [-0.2, 0) is 4.79 Å². The molecule has 1 aliphatic rings. The van der Waals surface area contributed by atoms with Gasteiger partial charge in [-0.25, -0.2) is 4.79 Å². The number of halogens is 3. The number of hydrogen-bond donors (Lipinski definition) is 1. The van der Waals surface area contributed by atoms with Crippen LogP contribution in [0.3, 0.4) is 0 Å². The minimum Gasteiger partial charge on any atom is -0.473 e. The van der Waals surface area contributed by atoms with Gasteiger partial charge in [0.2, 0.25) is 11.7 Å². The van der Waals surface area contributed by atoms with Gasteiger partial charge in [-0.1, -0.05) is 42.5 Å². The molecule has 2 N–H and O–H groups in total. The Morgan fingerprint density at radius 1 is 1.10 bits per heavy atom. The number of hydrogen-bond acceptors (Lipinski definition) is 4. The molecular weight excluding hydrogens is 385 g/mol. The molecule has 1 atom stereocenters. The van der Waals surface area contributed by atoms with Gasteiger partial charge in [0.1, 0.15) is 5.75 Å². The van der Waals surface area contributed by atoms with Crippen molar-refractivity contribution in [3.63, 3.8) is 0 Å². The van der Waals surface area contributed by atoms with Crippen LogP contribution in [0.15, 0.2) is 77.4 Å². The molecule has 1 aliphatic carbocycles. The largest absolute Gasteiger partial charge is 0.473 e. The number of benzene rings is 2.